The lowest BCUT2D eigenvalue weighted by Gasteiger charge is -2.16. The molecule has 0 aliphatic heterocycles. The second-order valence-corrected chi connectivity index (χ2v) is 5.15. The third-order valence-corrected chi connectivity index (χ3v) is 3.45. The molecule has 0 bridgehead atoms. The average molecular weight is 283 g/mol. The van der Waals surface area contributed by atoms with Crippen LogP contribution in [0.4, 0.5) is 0 Å². The van der Waals surface area contributed by atoms with Crippen LogP contribution in [0.25, 0.3) is 0 Å². The first-order valence-electron chi connectivity index (χ1n) is 6.65. The first-order valence-corrected chi connectivity index (χ1v) is 7.03. The molecule has 1 fully saturated rings. The molecule has 1 saturated carbocycles. The van der Waals surface area contributed by atoms with Crippen molar-refractivity contribution in [3.63, 3.8) is 0 Å². The number of halogens is 1. The van der Waals surface area contributed by atoms with Gasteiger partial charge >= 0.3 is 0 Å². The zero-order chi connectivity index (χ0) is 13.7. The summed E-state index contributed by atoms with van der Waals surface area (Å²) in [6.45, 7) is 0.847. The quantitative estimate of drug-likeness (QED) is 0.871. The van der Waals surface area contributed by atoms with Crippen LogP contribution in [-0.4, -0.2) is 25.1 Å². The van der Waals surface area contributed by atoms with E-state index in [0.717, 1.165) is 12.8 Å². The Balaban J connectivity index is 2.14. The highest BCUT2D eigenvalue weighted by atomic mass is 35.5. The standard InChI is InChI=1S/C14H19ClN2O2/c15-10-5-6-13(19-11-3-1-2-4-11)12(9-10)14(18)17-8-7-16/h5-6,9,11H,1-4,7-8,16H2,(H,17,18). The summed E-state index contributed by atoms with van der Waals surface area (Å²) < 4.78 is 5.91. The van der Waals surface area contributed by atoms with Crippen molar-refractivity contribution in [2.45, 2.75) is 31.8 Å². The van der Waals surface area contributed by atoms with E-state index < -0.39 is 0 Å². The summed E-state index contributed by atoms with van der Waals surface area (Å²) in [5, 5.41) is 3.26. The maximum atomic E-state index is 12.0. The molecule has 1 aliphatic carbocycles. The zero-order valence-electron chi connectivity index (χ0n) is 10.8. The monoisotopic (exact) mass is 282 g/mol. The Morgan fingerprint density at radius 1 is 1.42 bits per heavy atom. The van der Waals surface area contributed by atoms with Gasteiger partial charge in [-0.2, -0.15) is 0 Å². The minimum Gasteiger partial charge on any atom is -0.490 e. The molecule has 1 amide bonds. The average Bonchev–Trinajstić information content (AvgIpc) is 2.91. The fraction of sp³-hybridized carbons (Fsp3) is 0.500. The van der Waals surface area contributed by atoms with Crippen LogP contribution >= 0.6 is 11.6 Å². The van der Waals surface area contributed by atoms with E-state index in [4.69, 9.17) is 22.1 Å². The highest BCUT2D eigenvalue weighted by Gasteiger charge is 2.20. The van der Waals surface area contributed by atoms with Crippen molar-refractivity contribution in [2.75, 3.05) is 13.1 Å². The molecule has 19 heavy (non-hydrogen) atoms. The number of benzene rings is 1. The Morgan fingerprint density at radius 2 is 2.16 bits per heavy atom. The maximum absolute atomic E-state index is 12.0. The van der Waals surface area contributed by atoms with Crippen LogP contribution in [0.15, 0.2) is 18.2 Å². The summed E-state index contributed by atoms with van der Waals surface area (Å²) in [6, 6.07) is 5.14. The fourth-order valence-corrected chi connectivity index (χ4v) is 2.42. The number of hydrogen-bond donors (Lipinski definition) is 2. The molecular formula is C14H19ClN2O2. The molecule has 5 heteroatoms. The molecule has 3 N–H and O–H groups in total. The Morgan fingerprint density at radius 3 is 2.84 bits per heavy atom. The molecule has 0 spiro atoms. The van der Waals surface area contributed by atoms with Crippen molar-refractivity contribution >= 4 is 17.5 Å². The van der Waals surface area contributed by atoms with E-state index in [9.17, 15) is 4.79 Å². The lowest BCUT2D eigenvalue weighted by Crippen LogP contribution is -2.29. The van der Waals surface area contributed by atoms with Gasteiger partial charge in [-0.15, -0.1) is 0 Å². The van der Waals surface area contributed by atoms with Crippen molar-refractivity contribution < 1.29 is 9.53 Å². The fourth-order valence-electron chi connectivity index (χ4n) is 2.25. The topological polar surface area (TPSA) is 64.3 Å². The van der Waals surface area contributed by atoms with Crippen LogP contribution in [0, 0.1) is 0 Å². The van der Waals surface area contributed by atoms with Crippen LogP contribution in [-0.2, 0) is 0 Å². The molecule has 104 valence electrons. The lowest BCUT2D eigenvalue weighted by molar-refractivity contribution is 0.0947. The van der Waals surface area contributed by atoms with Crippen molar-refractivity contribution in [1.29, 1.82) is 0 Å². The smallest absolute Gasteiger partial charge is 0.255 e. The Hall–Kier alpha value is -1.26. The van der Waals surface area contributed by atoms with Crippen LogP contribution in [0.3, 0.4) is 0 Å². The number of hydrogen-bond acceptors (Lipinski definition) is 3. The van der Waals surface area contributed by atoms with Crippen LogP contribution < -0.4 is 15.8 Å². The highest BCUT2D eigenvalue weighted by Crippen LogP contribution is 2.28. The highest BCUT2D eigenvalue weighted by molar-refractivity contribution is 6.31. The first-order chi connectivity index (χ1) is 9.20. The van der Waals surface area contributed by atoms with Gasteiger partial charge in [-0.3, -0.25) is 4.79 Å². The maximum Gasteiger partial charge on any atom is 0.255 e. The van der Waals surface area contributed by atoms with Gasteiger partial charge in [-0.05, 0) is 43.9 Å². The van der Waals surface area contributed by atoms with Crippen molar-refractivity contribution in [1.82, 2.24) is 5.32 Å². The molecule has 1 aromatic carbocycles. The predicted molar refractivity (Wildman–Crippen MR) is 75.7 cm³/mol. The van der Waals surface area contributed by atoms with Crippen molar-refractivity contribution in [2.24, 2.45) is 5.73 Å². The minimum atomic E-state index is -0.194. The van der Waals surface area contributed by atoms with Crippen LogP contribution in [0.5, 0.6) is 5.75 Å². The van der Waals surface area contributed by atoms with E-state index in [1.165, 1.54) is 12.8 Å². The Labute approximate surface area is 118 Å². The number of amides is 1. The molecule has 0 saturated heterocycles. The third-order valence-electron chi connectivity index (χ3n) is 3.21. The number of rotatable bonds is 5. The molecule has 1 aromatic rings. The van der Waals surface area contributed by atoms with E-state index >= 15 is 0 Å². The molecule has 4 nitrogen and oxygen atoms in total. The van der Waals surface area contributed by atoms with Crippen molar-refractivity contribution in [3.05, 3.63) is 28.8 Å². The molecular weight excluding hydrogens is 264 g/mol. The van der Waals surface area contributed by atoms with E-state index in [1.54, 1.807) is 18.2 Å². The van der Waals surface area contributed by atoms with Gasteiger partial charge < -0.3 is 15.8 Å². The van der Waals surface area contributed by atoms with Gasteiger partial charge in [0.25, 0.3) is 5.91 Å². The van der Waals surface area contributed by atoms with Crippen LogP contribution in [0.2, 0.25) is 5.02 Å². The zero-order valence-corrected chi connectivity index (χ0v) is 11.6. The van der Waals surface area contributed by atoms with Gasteiger partial charge in [-0.1, -0.05) is 11.6 Å². The summed E-state index contributed by atoms with van der Waals surface area (Å²) in [5.41, 5.74) is 5.86. The number of nitrogens with two attached hydrogens (primary N) is 1. The van der Waals surface area contributed by atoms with Gasteiger partial charge in [-0.25, -0.2) is 0 Å². The van der Waals surface area contributed by atoms with Gasteiger partial charge in [0, 0.05) is 18.1 Å². The molecule has 2 rings (SSSR count). The van der Waals surface area contributed by atoms with E-state index in [1.807, 2.05) is 0 Å². The summed E-state index contributed by atoms with van der Waals surface area (Å²) in [7, 11) is 0. The minimum absolute atomic E-state index is 0.194. The normalized spacial score (nSPS) is 15.5. The largest absolute Gasteiger partial charge is 0.490 e. The van der Waals surface area contributed by atoms with E-state index in [-0.39, 0.29) is 12.0 Å². The number of nitrogens with one attached hydrogen (secondary N) is 1. The first kappa shape index (κ1) is 14.2. The Bertz CT molecular complexity index is 445. The summed E-state index contributed by atoms with van der Waals surface area (Å²) in [4.78, 5) is 12.0. The van der Waals surface area contributed by atoms with Gasteiger partial charge in [0.2, 0.25) is 0 Å². The number of ether oxygens (including phenoxy) is 1. The third kappa shape index (κ3) is 3.85. The Kier molecular flexibility index (Phi) is 5.05. The lowest BCUT2D eigenvalue weighted by atomic mass is 10.1. The van der Waals surface area contributed by atoms with Gasteiger partial charge in [0.1, 0.15) is 5.75 Å². The molecule has 1 aliphatic rings. The van der Waals surface area contributed by atoms with Gasteiger partial charge in [0.05, 0.1) is 11.7 Å². The van der Waals surface area contributed by atoms with Crippen LogP contribution in [0.1, 0.15) is 36.0 Å². The summed E-state index contributed by atoms with van der Waals surface area (Å²) in [6.07, 6.45) is 4.68. The molecule has 0 radical (unpaired) electrons. The summed E-state index contributed by atoms with van der Waals surface area (Å²) >= 11 is 5.95. The van der Waals surface area contributed by atoms with Crippen molar-refractivity contribution in [3.8, 4) is 5.75 Å². The SMILES string of the molecule is NCCNC(=O)c1cc(Cl)ccc1OC1CCCC1. The number of carbonyl (C=O) groups is 1. The molecule has 0 unspecified atom stereocenters. The molecule has 0 aromatic heterocycles. The predicted octanol–water partition coefficient (Wildman–Crippen LogP) is 2.35. The summed E-state index contributed by atoms with van der Waals surface area (Å²) in [5.74, 6) is 0.409. The second kappa shape index (κ2) is 6.78. The second-order valence-electron chi connectivity index (χ2n) is 4.71. The van der Waals surface area contributed by atoms with E-state index in [2.05, 4.69) is 5.32 Å². The molecule has 0 atom stereocenters. The molecule has 0 heterocycles. The van der Waals surface area contributed by atoms with E-state index in [0.29, 0.717) is 29.4 Å². The number of carbonyl (C=O) groups excluding carboxylic acids is 1. The van der Waals surface area contributed by atoms with Gasteiger partial charge in [0.15, 0.2) is 0 Å².